The van der Waals surface area contributed by atoms with Crippen molar-refractivity contribution in [3.63, 3.8) is 0 Å². The van der Waals surface area contributed by atoms with Crippen molar-refractivity contribution in [1.82, 2.24) is 0 Å². The van der Waals surface area contributed by atoms with E-state index in [2.05, 4.69) is 14.1 Å². The molecule has 0 heterocycles. The van der Waals surface area contributed by atoms with E-state index < -0.39 is 0 Å². The van der Waals surface area contributed by atoms with Crippen molar-refractivity contribution >= 4 is 23.2 Å². The minimum atomic E-state index is 0. The van der Waals surface area contributed by atoms with Crippen molar-refractivity contribution in [2.45, 2.75) is 6.42 Å². The van der Waals surface area contributed by atoms with Crippen LogP contribution in [0, 0.1) is 0 Å². The van der Waals surface area contributed by atoms with E-state index in [9.17, 15) is 0 Å². The number of rotatable bonds is 5. The minimum Gasteiger partial charge on any atom is -1.00 e. The second-order valence-electron chi connectivity index (χ2n) is 3.74. The molecule has 0 spiro atoms. The van der Waals surface area contributed by atoms with Crippen LogP contribution in [0.2, 0.25) is 10.0 Å². The first-order chi connectivity index (χ1) is 7.09. The molecule has 0 unspecified atom stereocenters. The summed E-state index contributed by atoms with van der Waals surface area (Å²) < 4.78 is 5.54. The third-order valence-electron chi connectivity index (χ3n) is 1.98. The number of halogens is 3. The van der Waals surface area contributed by atoms with Gasteiger partial charge in [-0.25, -0.2) is 0 Å². The zero-order valence-corrected chi connectivity index (χ0v) is 12.5. The fourth-order valence-electron chi connectivity index (χ4n) is 1.18. The molecule has 1 aromatic rings. The van der Waals surface area contributed by atoms with Crippen molar-refractivity contribution in [1.29, 1.82) is 0 Å². The van der Waals surface area contributed by atoms with E-state index >= 15 is 0 Å². The maximum Gasteiger partial charge on any atom is 0.120 e. The number of hydrogen-bond acceptors (Lipinski definition) is 1. The Morgan fingerprint density at radius 2 is 1.88 bits per heavy atom. The largest absolute Gasteiger partial charge is 1.00 e. The van der Waals surface area contributed by atoms with Crippen LogP contribution in [-0.2, 0) is 0 Å². The Hall–Kier alpha value is 0.0400. The summed E-state index contributed by atoms with van der Waals surface area (Å²) in [5.74, 6) is 0.776. The van der Waals surface area contributed by atoms with Crippen LogP contribution < -0.4 is 26.6 Å². The molecule has 2 nitrogen and oxygen atoms in total. The first-order valence-corrected chi connectivity index (χ1v) is 5.72. The third-order valence-corrected chi connectivity index (χ3v) is 2.72. The maximum absolute atomic E-state index is 5.86. The van der Waals surface area contributed by atoms with Gasteiger partial charge in [-0.2, -0.15) is 0 Å². The summed E-state index contributed by atoms with van der Waals surface area (Å²) in [6.07, 6.45) is 1.03. The molecule has 0 aliphatic heterocycles. The van der Waals surface area contributed by atoms with E-state index in [4.69, 9.17) is 27.9 Å². The van der Waals surface area contributed by atoms with Crippen molar-refractivity contribution in [2.24, 2.45) is 0 Å². The van der Waals surface area contributed by atoms with Gasteiger partial charge in [0.15, 0.2) is 0 Å². The number of hydrogen-bond donors (Lipinski definition) is 1. The highest BCUT2D eigenvalue weighted by molar-refractivity contribution is 6.42. The smallest absolute Gasteiger partial charge is 0.120 e. The van der Waals surface area contributed by atoms with Crippen LogP contribution >= 0.6 is 23.2 Å². The van der Waals surface area contributed by atoms with E-state index in [1.54, 1.807) is 12.1 Å². The van der Waals surface area contributed by atoms with Gasteiger partial charge in [0, 0.05) is 12.5 Å². The second kappa shape index (κ2) is 8.18. The summed E-state index contributed by atoms with van der Waals surface area (Å²) in [4.78, 5) is 1.42. The minimum absolute atomic E-state index is 0. The van der Waals surface area contributed by atoms with Gasteiger partial charge in [-0.15, -0.1) is 0 Å². The monoisotopic (exact) mass is 327 g/mol. The average molecular weight is 329 g/mol. The first-order valence-electron chi connectivity index (χ1n) is 4.96. The Labute approximate surface area is 117 Å². The Balaban J connectivity index is 0.00000225. The van der Waals surface area contributed by atoms with E-state index in [-0.39, 0.29) is 17.0 Å². The number of ether oxygens (including phenoxy) is 1. The highest BCUT2D eigenvalue weighted by atomic mass is 79.9. The lowest BCUT2D eigenvalue weighted by Crippen LogP contribution is -3.05. The van der Waals surface area contributed by atoms with Gasteiger partial charge in [0.05, 0.1) is 37.3 Å². The molecule has 1 aromatic carbocycles. The Morgan fingerprint density at radius 3 is 2.44 bits per heavy atom. The normalized spacial score (nSPS) is 10.1. The molecule has 16 heavy (non-hydrogen) atoms. The van der Waals surface area contributed by atoms with Gasteiger partial charge >= 0.3 is 0 Å². The standard InChI is InChI=1S/C11H15Cl2NO.BrH/c1-14(2)6-3-7-15-9-4-5-10(12)11(13)8-9;/h4-5,8H,3,6-7H2,1-2H3;1H. The van der Waals surface area contributed by atoms with E-state index in [1.165, 1.54) is 4.90 Å². The summed E-state index contributed by atoms with van der Waals surface area (Å²) in [5, 5.41) is 1.09. The summed E-state index contributed by atoms with van der Waals surface area (Å²) in [6, 6.07) is 5.32. The van der Waals surface area contributed by atoms with Gasteiger partial charge < -0.3 is 26.6 Å². The molecule has 0 saturated carbocycles. The SMILES string of the molecule is C[NH+](C)CCCOc1ccc(Cl)c(Cl)c1.[Br-]. The van der Waals surface area contributed by atoms with Crippen LogP contribution in [-0.4, -0.2) is 27.2 Å². The molecule has 0 amide bonds. The zero-order valence-electron chi connectivity index (χ0n) is 9.40. The van der Waals surface area contributed by atoms with Crippen LogP contribution in [0.1, 0.15) is 6.42 Å². The number of benzene rings is 1. The van der Waals surface area contributed by atoms with E-state index in [0.717, 1.165) is 18.7 Å². The lowest BCUT2D eigenvalue weighted by atomic mass is 10.3. The molecule has 0 fully saturated rings. The van der Waals surface area contributed by atoms with Crippen molar-refractivity contribution < 1.29 is 26.6 Å². The van der Waals surface area contributed by atoms with Crippen LogP contribution in [0.5, 0.6) is 5.75 Å². The molecule has 0 bridgehead atoms. The number of quaternary nitrogens is 1. The van der Waals surface area contributed by atoms with Crippen LogP contribution in [0.3, 0.4) is 0 Å². The van der Waals surface area contributed by atoms with Crippen LogP contribution in [0.25, 0.3) is 0 Å². The van der Waals surface area contributed by atoms with Crippen LogP contribution in [0.15, 0.2) is 18.2 Å². The summed E-state index contributed by atoms with van der Waals surface area (Å²) in [6.45, 7) is 1.81. The fraction of sp³-hybridized carbons (Fsp3) is 0.455. The molecule has 0 saturated heterocycles. The molecular formula is C11H16BrCl2NO. The second-order valence-corrected chi connectivity index (χ2v) is 4.55. The molecule has 92 valence electrons. The predicted molar refractivity (Wildman–Crippen MR) is 64.3 cm³/mol. The Bertz CT molecular complexity index is 321. The fourth-order valence-corrected chi connectivity index (χ4v) is 1.47. The highest BCUT2D eigenvalue weighted by Crippen LogP contribution is 2.26. The number of nitrogens with one attached hydrogen (secondary N) is 1. The predicted octanol–water partition coefficient (Wildman–Crippen LogP) is -1.09. The van der Waals surface area contributed by atoms with E-state index in [0.29, 0.717) is 16.7 Å². The van der Waals surface area contributed by atoms with Crippen LogP contribution in [0.4, 0.5) is 0 Å². The molecule has 0 aromatic heterocycles. The van der Waals surface area contributed by atoms with Crippen molar-refractivity contribution in [3.05, 3.63) is 28.2 Å². The van der Waals surface area contributed by atoms with E-state index in [1.807, 2.05) is 6.07 Å². The summed E-state index contributed by atoms with van der Waals surface area (Å²) >= 11 is 11.7. The molecule has 0 radical (unpaired) electrons. The van der Waals surface area contributed by atoms with Gasteiger partial charge in [0.25, 0.3) is 0 Å². The van der Waals surface area contributed by atoms with Crippen molar-refractivity contribution in [3.8, 4) is 5.75 Å². The van der Waals surface area contributed by atoms with Crippen molar-refractivity contribution in [2.75, 3.05) is 27.2 Å². The maximum atomic E-state index is 5.86. The highest BCUT2D eigenvalue weighted by Gasteiger charge is 2.00. The lowest BCUT2D eigenvalue weighted by Gasteiger charge is -2.09. The molecule has 0 aliphatic rings. The molecule has 5 heteroatoms. The Kier molecular flexibility index (Phi) is 8.20. The molecule has 1 rings (SSSR count). The average Bonchev–Trinajstić information content (AvgIpc) is 2.18. The first kappa shape index (κ1) is 16.0. The topological polar surface area (TPSA) is 13.7 Å². The summed E-state index contributed by atoms with van der Waals surface area (Å²) in [5.41, 5.74) is 0. The molecule has 0 aliphatic carbocycles. The van der Waals surface area contributed by atoms with Gasteiger partial charge in [-0.1, -0.05) is 23.2 Å². The summed E-state index contributed by atoms with van der Waals surface area (Å²) in [7, 11) is 4.25. The van der Waals surface area contributed by atoms with Gasteiger partial charge in [-0.3, -0.25) is 0 Å². The molecule has 0 atom stereocenters. The molecular weight excluding hydrogens is 313 g/mol. The Morgan fingerprint density at radius 1 is 1.19 bits per heavy atom. The molecule has 1 N–H and O–H groups in total. The van der Waals surface area contributed by atoms with Gasteiger partial charge in [0.1, 0.15) is 5.75 Å². The lowest BCUT2D eigenvalue weighted by molar-refractivity contribution is -0.858. The van der Waals surface area contributed by atoms with Gasteiger partial charge in [-0.05, 0) is 12.1 Å². The zero-order chi connectivity index (χ0) is 11.3. The third kappa shape index (κ3) is 5.94. The van der Waals surface area contributed by atoms with Gasteiger partial charge in [0.2, 0.25) is 0 Å². The quantitative estimate of drug-likeness (QED) is 0.678.